The number of anilines is 2. The Hall–Kier alpha value is -1.55. The highest BCUT2D eigenvalue weighted by Crippen LogP contribution is 2.20. The first-order chi connectivity index (χ1) is 9.04. The minimum absolute atomic E-state index is 0.0543. The molecule has 0 atom stereocenters. The van der Waals surface area contributed by atoms with E-state index in [0.29, 0.717) is 12.1 Å². The molecule has 0 aliphatic rings. The maximum Gasteiger partial charge on any atom is 0.224 e. The maximum absolute atomic E-state index is 11.8. The second kappa shape index (κ2) is 7.79. The summed E-state index contributed by atoms with van der Waals surface area (Å²) in [7, 11) is 2.09. The Balaban J connectivity index is 2.37. The topological polar surface area (TPSA) is 58.4 Å². The Kier molecular flexibility index (Phi) is 6.36. The summed E-state index contributed by atoms with van der Waals surface area (Å²) in [6.07, 6.45) is 2.57. The molecule has 0 aliphatic carbocycles. The van der Waals surface area contributed by atoms with Crippen LogP contribution in [0.5, 0.6) is 0 Å². The summed E-state index contributed by atoms with van der Waals surface area (Å²) in [4.78, 5) is 14.1. The lowest BCUT2D eigenvalue weighted by Crippen LogP contribution is -2.22. The Labute approximate surface area is 116 Å². The van der Waals surface area contributed by atoms with Gasteiger partial charge in [0.25, 0.3) is 0 Å². The summed E-state index contributed by atoms with van der Waals surface area (Å²) in [5.74, 6) is 0.0543. The molecule has 0 aliphatic heterocycles. The van der Waals surface area contributed by atoms with Gasteiger partial charge in [0, 0.05) is 17.8 Å². The van der Waals surface area contributed by atoms with Gasteiger partial charge in [-0.3, -0.25) is 4.79 Å². The number of rotatable bonds is 7. The average Bonchev–Trinajstić information content (AvgIpc) is 2.35. The molecule has 1 aromatic carbocycles. The predicted octanol–water partition coefficient (Wildman–Crippen LogP) is 2.64. The van der Waals surface area contributed by atoms with Crippen molar-refractivity contribution < 1.29 is 4.79 Å². The predicted molar refractivity (Wildman–Crippen MR) is 81.2 cm³/mol. The fraction of sp³-hybridized carbons (Fsp3) is 0.533. The molecule has 0 radical (unpaired) electrons. The summed E-state index contributed by atoms with van der Waals surface area (Å²) >= 11 is 0. The van der Waals surface area contributed by atoms with Gasteiger partial charge < -0.3 is 16.0 Å². The number of nitrogens with two attached hydrogens (primary N) is 1. The van der Waals surface area contributed by atoms with Crippen molar-refractivity contribution in [3.05, 3.63) is 23.8 Å². The zero-order chi connectivity index (χ0) is 14.3. The first kappa shape index (κ1) is 15.5. The smallest absolute Gasteiger partial charge is 0.224 e. The molecule has 106 valence electrons. The second-order valence-corrected chi connectivity index (χ2v) is 4.97. The molecule has 4 heteroatoms. The largest absolute Gasteiger partial charge is 0.398 e. The molecule has 1 rings (SSSR count). The minimum Gasteiger partial charge on any atom is -0.398 e. The molecule has 0 saturated heterocycles. The second-order valence-electron chi connectivity index (χ2n) is 4.97. The van der Waals surface area contributed by atoms with E-state index in [2.05, 4.69) is 24.2 Å². The van der Waals surface area contributed by atoms with Gasteiger partial charge in [-0.2, -0.15) is 0 Å². The third kappa shape index (κ3) is 5.30. The van der Waals surface area contributed by atoms with E-state index in [0.717, 1.165) is 37.2 Å². The average molecular weight is 263 g/mol. The zero-order valence-electron chi connectivity index (χ0n) is 12.2. The van der Waals surface area contributed by atoms with Crippen molar-refractivity contribution in [3.8, 4) is 0 Å². The number of hydrogen-bond acceptors (Lipinski definition) is 3. The number of nitrogens with zero attached hydrogens (tertiary/aromatic N) is 1. The number of nitrogens with one attached hydrogen (secondary N) is 1. The lowest BCUT2D eigenvalue weighted by Gasteiger charge is -2.15. The summed E-state index contributed by atoms with van der Waals surface area (Å²) < 4.78 is 0. The van der Waals surface area contributed by atoms with E-state index in [4.69, 9.17) is 5.73 Å². The van der Waals surface area contributed by atoms with Crippen LogP contribution in [0.1, 0.15) is 31.7 Å². The van der Waals surface area contributed by atoms with E-state index in [1.54, 1.807) is 0 Å². The van der Waals surface area contributed by atoms with Crippen LogP contribution in [0, 0.1) is 6.92 Å². The first-order valence-electron chi connectivity index (χ1n) is 6.88. The van der Waals surface area contributed by atoms with Crippen molar-refractivity contribution in [2.75, 3.05) is 31.2 Å². The number of amides is 1. The Morgan fingerprint density at radius 3 is 2.79 bits per heavy atom. The van der Waals surface area contributed by atoms with Crippen molar-refractivity contribution in [1.82, 2.24) is 4.90 Å². The molecule has 19 heavy (non-hydrogen) atoms. The number of nitrogen functional groups attached to an aromatic ring is 1. The molecule has 1 amide bonds. The molecular weight excluding hydrogens is 238 g/mol. The highest BCUT2D eigenvalue weighted by atomic mass is 16.1. The SMILES string of the molecule is CCCN(C)CCCC(=O)Nc1cccc(N)c1C. The molecular formula is C15H25N3O. The van der Waals surface area contributed by atoms with Gasteiger partial charge in [-0.15, -0.1) is 0 Å². The third-order valence-electron chi connectivity index (χ3n) is 3.20. The molecule has 0 heterocycles. The van der Waals surface area contributed by atoms with Crippen molar-refractivity contribution in [1.29, 1.82) is 0 Å². The number of carbonyl (C=O) groups is 1. The molecule has 0 aromatic heterocycles. The van der Waals surface area contributed by atoms with Crippen molar-refractivity contribution in [3.63, 3.8) is 0 Å². The molecule has 0 saturated carbocycles. The van der Waals surface area contributed by atoms with Gasteiger partial charge in [-0.05, 0) is 57.6 Å². The lowest BCUT2D eigenvalue weighted by atomic mass is 10.1. The standard InChI is InChI=1S/C15H25N3O/c1-4-10-18(3)11-6-9-15(19)17-14-8-5-7-13(16)12(14)2/h5,7-8H,4,6,9-11,16H2,1-3H3,(H,17,19). The van der Waals surface area contributed by atoms with Gasteiger partial charge >= 0.3 is 0 Å². The summed E-state index contributed by atoms with van der Waals surface area (Å²) in [6.45, 7) is 6.11. The molecule has 0 bridgehead atoms. The normalized spacial score (nSPS) is 10.7. The van der Waals surface area contributed by atoms with Crippen LogP contribution < -0.4 is 11.1 Å². The van der Waals surface area contributed by atoms with Crippen LogP contribution in [0.3, 0.4) is 0 Å². The number of carbonyl (C=O) groups excluding carboxylic acids is 1. The van der Waals surface area contributed by atoms with Gasteiger partial charge in [0.15, 0.2) is 0 Å². The van der Waals surface area contributed by atoms with E-state index < -0.39 is 0 Å². The van der Waals surface area contributed by atoms with E-state index in [-0.39, 0.29) is 5.91 Å². The summed E-state index contributed by atoms with van der Waals surface area (Å²) in [6, 6.07) is 5.57. The third-order valence-corrected chi connectivity index (χ3v) is 3.20. The van der Waals surface area contributed by atoms with Crippen molar-refractivity contribution in [2.24, 2.45) is 0 Å². The molecule has 0 fully saturated rings. The van der Waals surface area contributed by atoms with E-state index in [9.17, 15) is 4.79 Å². The van der Waals surface area contributed by atoms with E-state index in [1.807, 2.05) is 25.1 Å². The monoisotopic (exact) mass is 263 g/mol. The quantitative estimate of drug-likeness (QED) is 0.743. The fourth-order valence-electron chi connectivity index (χ4n) is 2.00. The zero-order valence-corrected chi connectivity index (χ0v) is 12.2. The summed E-state index contributed by atoms with van der Waals surface area (Å²) in [5.41, 5.74) is 8.26. The molecule has 0 unspecified atom stereocenters. The van der Waals surface area contributed by atoms with Crippen LogP contribution in [0.2, 0.25) is 0 Å². The number of benzene rings is 1. The van der Waals surface area contributed by atoms with E-state index in [1.165, 1.54) is 0 Å². The Morgan fingerprint density at radius 1 is 1.37 bits per heavy atom. The highest BCUT2D eigenvalue weighted by Gasteiger charge is 2.06. The van der Waals surface area contributed by atoms with Gasteiger partial charge in [0.05, 0.1) is 0 Å². The van der Waals surface area contributed by atoms with Gasteiger partial charge in [-0.1, -0.05) is 13.0 Å². The fourth-order valence-corrected chi connectivity index (χ4v) is 2.00. The van der Waals surface area contributed by atoms with Crippen LogP contribution in [0.25, 0.3) is 0 Å². The van der Waals surface area contributed by atoms with E-state index >= 15 is 0 Å². The van der Waals surface area contributed by atoms with Crippen LogP contribution in [0.4, 0.5) is 11.4 Å². The Morgan fingerprint density at radius 2 is 2.11 bits per heavy atom. The lowest BCUT2D eigenvalue weighted by molar-refractivity contribution is -0.116. The van der Waals surface area contributed by atoms with Crippen LogP contribution >= 0.6 is 0 Å². The van der Waals surface area contributed by atoms with Crippen LogP contribution in [-0.4, -0.2) is 30.9 Å². The Bertz CT molecular complexity index is 418. The van der Waals surface area contributed by atoms with Gasteiger partial charge in [0.2, 0.25) is 5.91 Å². The first-order valence-corrected chi connectivity index (χ1v) is 6.88. The minimum atomic E-state index is 0.0543. The molecule has 4 nitrogen and oxygen atoms in total. The maximum atomic E-state index is 11.8. The van der Waals surface area contributed by atoms with Gasteiger partial charge in [0.1, 0.15) is 0 Å². The highest BCUT2D eigenvalue weighted by molar-refractivity contribution is 5.92. The van der Waals surface area contributed by atoms with Crippen LogP contribution in [0.15, 0.2) is 18.2 Å². The van der Waals surface area contributed by atoms with Crippen LogP contribution in [-0.2, 0) is 4.79 Å². The van der Waals surface area contributed by atoms with Crippen molar-refractivity contribution in [2.45, 2.75) is 33.1 Å². The molecule has 1 aromatic rings. The summed E-state index contributed by atoms with van der Waals surface area (Å²) in [5, 5.41) is 2.92. The molecule has 3 N–H and O–H groups in total. The number of hydrogen-bond donors (Lipinski definition) is 2. The molecule has 0 spiro atoms. The van der Waals surface area contributed by atoms with Crippen molar-refractivity contribution >= 4 is 17.3 Å². The van der Waals surface area contributed by atoms with Gasteiger partial charge in [-0.25, -0.2) is 0 Å².